The Balaban J connectivity index is 1.47. The first-order chi connectivity index (χ1) is 13.2. The summed E-state index contributed by atoms with van der Waals surface area (Å²) in [7, 11) is 0. The van der Waals surface area contributed by atoms with E-state index in [2.05, 4.69) is 41.0 Å². The third kappa shape index (κ3) is 2.54. The third-order valence-corrected chi connectivity index (χ3v) is 4.94. The molecule has 0 saturated heterocycles. The maximum atomic E-state index is 14.0. The Bertz CT molecular complexity index is 1260. The van der Waals surface area contributed by atoms with Gasteiger partial charge in [-0.25, -0.2) is 4.39 Å². The smallest absolute Gasteiger partial charge is 0.197 e. The molecule has 4 aromatic carbocycles. The Labute approximate surface area is 155 Å². The average molecular weight is 353 g/mol. The fourth-order valence-corrected chi connectivity index (χ4v) is 3.70. The predicted molar refractivity (Wildman–Crippen MR) is 112 cm³/mol. The second kappa shape index (κ2) is 5.95. The number of halogens is 1. The van der Waals surface area contributed by atoms with Crippen LogP contribution in [-0.4, -0.2) is 5.96 Å². The van der Waals surface area contributed by atoms with Gasteiger partial charge in [-0.15, -0.1) is 0 Å². The Morgan fingerprint density at radius 1 is 0.741 bits per heavy atom. The molecule has 0 fully saturated rings. The zero-order valence-electron chi connectivity index (χ0n) is 14.4. The molecule has 0 amide bonds. The molecule has 27 heavy (non-hydrogen) atoms. The molecule has 0 aromatic heterocycles. The number of hydrogen-bond donors (Lipinski definition) is 3. The van der Waals surface area contributed by atoms with Gasteiger partial charge in [0.2, 0.25) is 0 Å². The molecular formula is C23H16FN3. The number of guanidine groups is 1. The van der Waals surface area contributed by atoms with Crippen molar-refractivity contribution in [2.75, 3.05) is 10.6 Å². The summed E-state index contributed by atoms with van der Waals surface area (Å²) in [4.78, 5) is 0. The Morgan fingerprint density at radius 3 is 2.41 bits per heavy atom. The molecule has 3 N–H and O–H groups in total. The molecule has 0 unspecified atom stereocenters. The van der Waals surface area contributed by atoms with Crippen LogP contribution in [0.25, 0.3) is 33.7 Å². The van der Waals surface area contributed by atoms with Crippen molar-refractivity contribution in [3.8, 4) is 0 Å². The molecule has 130 valence electrons. The van der Waals surface area contributed by atoms with Gasteiger partial charge in [0.25, 0.3) is 0 Å². The first kappa shape index (κ1) is 15.6. The lowest BCUT2D eigenvalue weighted by Gasteiger charge is -2.15. The molecular weight excluding hydrogens is 337 g/mol. The summed E-state index contributed by atoms with van der Waals surface area (Å²) < 4.78 is 14.0. The van der Waals surface area contributed by atoms with Crippen LogP contribution in [-0.2, 0) is 0 Å². The van der Waals surface area contributed by atoms with E-state index in [9.17, 15) is 4.39 Å². The van der Waals surface area contributed by atoms with Gasteiger partial charge in [-0.2, -0.15) is 0 Å². The molecule has 4 heteroatoms. The van der Waals surface area contributed by atoms with Crippen LogP contribution in [0.4, 0.5) is 15.8 Å². The van der Waals surface area contributed by atoms with E-state index in [1.165, 1.54) is 22.4 Å². The Kier molecular flexibility index (Phi) is 3.44. The van der Waals surface area contributed by atoms with Crippen molar-refractivity contribution in [1.82, 2.24) is 0 Å². The average Bonchev–Trinajstić information content (AvgIpc) is 3.13. The largest absolute Gasteiger partial charge is 0.326 e. The normalized spacial score (nSPS) is 11.9. The summed E-state index contributed by atoms with van der Waals surface area (Å²) in [5, 5.41) is 18.2. The van der Waals surface area contributed by atoms with E-state index in [1.807, 2.05) is 24.3 Å². The van der Waals surface area contributed by atoms with Gasteiger partial charge >= 0.3 is 0 Å². The van der Waals surface area contributed by atoms with Gasteiger partial charge in [0.05, 0.1) is 0 Å². The monoisotopic (exact) mass is 353 g/mol. The number of rotatable bonds is 2. The van der Waals surface area contributed by atoms with Gasteiger partial charge in [0.15, 0.2) is 5.96 Å². The van der Waals surface area contributed by atoms with Crippen molar-refractivity contribution in [1.29, 1.82) is 5.41 Å². The van der Waals surface area contributed by atoms with E-state index >= 15 is 0 Å². The summed E-state index contributed by atoms with van der Waals surface area (Å²) in [6.07, 6.45) is 4.16. The van der Waals surface area contributed by atoms with E-state index in [1.54, 1.807) is 18.2 Å². The van der Waals surface area contributed by atoms with Crippen LogP contribution in [0.2, 0.25) is 0 Å². The number of hydrogen-bond acceptors (Lipinski definition) is 1. The molecule has 0 radical (unpaired) electrons. The van der Waals surface area contributed by atoms with Crippen molar-refractivity contribution in [2.45, 2.75) is 0 Å². The van der Waals surface area contributed by atoms with Crippen molar-refractivity contribution >= 4 is 51.0 Å². The third-order valence-electron chi connectivity index (χ3n) is 4.94. The summed E-state index contributed by atoms with van der Waals surface area (Å²) >= 11 is 0. The lowest BCUT2D eigenvalue weighted by atomic mass is 10.0. The van der Waals surface area contributed by atoms with Crippen LogP contribution < -0.4 is 10.6 Å². The van der Waals surface area contributed by atoms with Gasteiger partial charge in [-0.1, -0.05) is 60.7 Å². The molecule has 3 nitrogen and oxygen atoms in total. The van der Waals surface area contributed by atoms with Gasteiger partial charge in [0, 0.05) is 27.7 Å². The molecule has 5 rings (SSSR count). The van der Waals surface area contributed by atoms with Gasteiger partial charge < -0.3 is 10.6 Å². The van der Waals surface area contributed by atoms with Gasteiger partial charge in [-0.3, -0.25) is 5.41 Å². The highest BCUT2D eigenvalue weighted by molar-refractivity contribution is 6.13. The van der Waals surface area contributed by atoms with Crippen LogP contribution >= 0.6 is 0 Å². The fraction of sp³-hybridized carbons (Fsp3) is 0. The minimum absolute atomic E-state index is 0.139. The summed E-state index contributed by atoms with van der Waals surface area (Å²) in [6.45, 7) is 0. The second-order valence-corrected chi connectivity index (χ2v) is 6.57. The molecule has 0 atom stereocenters. The molecule has 0 bridgehead atoms. The summed E-state index contributed by atoms with van der Waals surface area (Å²) in [6, 6.07) is 20.6. The second-order valence-electron chi connectivity index (χ2n) is 6.57. The van der Waals surface area contributed by atoms with Crippen LogP contribution in [0.5, 0.6) is 0 Å². The fourth-order valence-electron chi connectivity index (χ4n) is 3.70. The van der Waals surface area contributed by atoms with Crippen molar-refractivity contribution < 1.29 is 4.39 Å². The predicted octanol–water partition coefficient (Wildman–Crippen LogP) is 6.07. The van der Waals surface area contributed by atoms with Crippen LogP contribution in [0.15, 0.2) is 66.7 Å². The number of fused-ring (bicyclic) bond motifs is 1. The zero-order chi connectivity index (χ0) is 18.4. The molecule has 0 spiro atoms. The highest BCUT2D eigenvalue weighted by atomic mass is 19.1. The van der Waals surface area contributed by atoms with Crippen molar-refractivity contribution in [3.05, 3.63) is 83.7 Å². The molecule has 1 aliphatic carbocycles. The Hall–Kier alpha value is -3.66. The van der Waals surface area contributed by atoms with Crippen LogP contribution in [0.3, 0.4) is 0 Å². The maximum Gasteiger partial charge on any atom is 0.197 e. The molecule has 0 aliphatic heterocycles. The quantitative estimate of drug-likeness (QED) is 0.266. The number of nitrogens with one attached hydrogen (secondary N) is 3. The molecule has 0 saturated carbocycles. The van der Waals surface area contributed by atoms with Crippen molar-refractivity contribution in [3.63, 3.8) is 0 Å². The first-order valence-corrected chi connectivity index (χ1v) is 8.74. The first-order valence-electron chi connectivity index (χ1n) is 8.74. The van der Waals surface area contributed by atoms with E-state index in [-0.39, 0.29) is 11.8 Å². The lowest BCUT2D eigenvalue weighted by Crippen LogP contribution is -2.21. The SMILES string of the molecule is N=C(Nc1ccc2cccc3c2c1C=C3)Nc1ccc(F)c2ccccc12. The van der Waals surface area contributed by atoms with Gasteiger partial charge in [0.1, 0.15) is 5.82 Å². The van der Waals surface area contributed by atoms with Crippen molar-refractivity contribution in [2.24, 2.45) is 0 Å². The number of benzene rings is 4. The molecule has 4 aromatic rings. The minimum Gasteiger partial charge on any atom is -0.326 e. The molecule has 0 heterocycles. The maximum absolute atomic E-state index is 14.0. The topological polar surface area (TPSA) is 47.9 Å². The standard InChI is InChI=1S/C23H16FN3/c24-19-11-13-20(17-7-2-1-6-16(17)19)26-23(25)27-21-12-9-15-5-3-4-14-8-10-18(21)22(14)15/h1-13H,(H3,25,26,27). The van der Waals surface area contributed by atoms with Crippen LogP contribution in [0.1, 0.15) is 11.1 Å². The van der Waals surface area contributed by atoms with Gasteiger partial charge in [-0.05, 0) is 34.5 Å². The summed E-state index contributed by atoms with van der Waals surface area (Å²) in [5.74, 6) is -0.129. The highest BCUT2D eigenvalue weighted by Gasteiger charge is 2.14. The lowest BCUT2D eigenvalue weighted by molar-refractivity contribution is 0.640. The van der Waals surface area contributed by atoms with E-state index in [0.29, 0.717) is 11.1 Å². The highest BCUT2D eigenvalue weighted by Crippen LogP contribution is 2.36. The Morgan fingerprint density at radius 2 is 1.52 bits per heavy atom. The van der Waals surface area contributed by atoms with E-state index in [0.717, 1.165) is 16.6 Å². The molecule has 1 aliphatic rings. The van der Waals surface area contributed by atoms with E-state index in [4.69, 9.17) is 5.41 Å². The van der Waals surface area contributed by atoms with E-state index < -0.39 is 0 Å². The summed E-state index contributed by atoms with van der Waals surface area (Å²) in [5.41, 5.74) is 3.83. The minimum atomic E-state index is -0.268. The number of anilines is 2. The zero-order valence-corrected chi connectivity index (χ0v) is 14.4. The van der Waals surface area contributed by atoms with Crippen LogP contribution in [0, 0.1) is 11.2 Å².